The molecule has 0 spiro atoms. The number of aliphatic hydroxyl groups is 1. The lowest BCUT2D eigenvalue weighted by Crippen LogP contribution is -2.33. The number of aromatic nitrogens is 2. The van der Waals surface area contributed by atoms with Crippen LogP contribution in [0.4, 0.5) is 0 Å². The van der Waals surface area contributed by atoms with Gasteiger partial charge < -0.3 is 19.5 Å². The summed E-state index contributed by atoms with van der Waals surface area (Å²) in [5.74, 6) is 1.51. The van der Waals surface area contributed by atoms with E-state index < -0.39 is 6.10 Å². The highest BCUT2D eigenvalue weighted by molar-refractivity contribution is 5.40. The molecule has 7 nitrogen and oxygen atoms in total. The number of nitrogens with zero attached hydrogens (tertiary/aromatic N) is 4. The fraction of sp³-hybridized carbons (Fsp3) is 0.591. The van der Waals surface area contributed by atoms with Gasteiger partial charge in [-0.15, -0.1) is 0 Å². The Morgan fingerprint density at radius 1 is 1.21 bits per heavy atom. The third kappa shape index (κ3) is 6.19. The van der Waals surface area contributed by atoms with E-state index in [1.54, 1.807) is 7.11 Å². The maximum Gasteiger partial charge on any atom is 0.127 e. The lowest BCUT2D eigenvalue weighted by Gasteiger charge is -2.22. The Kier molecular flexibility index (Phi) is 7.52. The molecule has 1 aliphatic heterocycles. The molecule has 1 aliphatic rings. The number of aliphatic hydroxyl groups excluding tert-OH is 1. The van der Waals surface area contributed by atoms with E-state index in [9.17, 15) is 5.11 Å². The van der Waals surface area contributed by atoms with Crippen molar-refractivity contribution in [2.24, 2.45) is 7.05 Å². The molecule has 1 fully saturated rings. The van der Waals surface area contributed by atoms with Gasteiger partial charge in [-0.25, -0.2) is 0 Å². The average molecular weight is 403 g/mol. The number of hydrogen-bond acceptors (Lipinski definition) is 6. The first kappa shape index (κ1) is 21.6. The quantitative estimate of drug-likeness (QED) is 0.657. The predicted molar refractivity (Wildman–Crippen MR) is 113 cm³/mol. The van der Waals surface area contributed by atoms with E-state index >= 15 is 0 Å². The standard InChI is InChI=1S/C22H34N4O3/c1-17-11-19(25(3)23-17)14-24(2)13-18-7-8-21(28-4)12-22(18)29-16-20(27)15-26-9-5-6-10-26/h7-8,11-12,20,27H,5-6,9-10,13-16H2,1-4H3/t20-/m0/s1. The van der Waals surface area contributed by atoms with Crippen LogP contribution in [0.5, 0.6) is 11.5 Å². The first-order valence-corrected chi connectivity index (χ1v) is 10.3. The monoisotopic (exact) mass is 402 g/mol. The van der Waals surface area contributed by atoms with E-state index in [-0.39, 0.29) is 6.61 Å². The van der Waals surface area contributed by atoms with Gasteiger partial charge >= 0.3 is 0 Å². The third-order valence-corrected chi connectivity index (χ3v) is 5.34. The van der Waals surface area contributed by atoms with Crippen LogP contribution in [0.2, 0.25) is 0 Å². The largest absolute Gasteiger partial charge is 0.497 e. The Balaban J connectivity index is 1.62. The second kappa shape index (κ2) is 10.1. The summed E-state index contributed by atoms with van der Waals surface area (Å²) in [6.45, 7) is 6.61. The molecule has 0 amide bonds. The summed E-state index contributed by atoms with van der Waals surface area (Å²) in [6.07, 6.45) is 1.94. The molecule has 1 N–H and O–H groups in total. The summed E-state index contributed by atoms with van der Waals surface area (Å²) in [5.41, 5.74) is 3.26. The molecule has 0 aliphatic carbocycles. The van der Waals surface area contributed by atoms with Crippen molar-refractivity contribution in [2.45, 2.75) is 39.0 Å². The number of likely N-dealkylation sites (tertiary alicyclic amines) is 1. The summed E-state index contributed by atoms with van der Waals surface area (Å²) >= 11 is 0. The molecule has 3 rings (SSSR count). The molecule has 1 aromatic carbocycles. The van der Waals surface area contributed by atoms with Gasteiger partial charge in [-0.3, -0.25) is 9.58 Å². The molecule has 2 aromatic rings. The number of ether oxygens (including phenoxy) is 2. The lowest BCUT2D eigenvalue weighted by atomic mass is 10.1. The number of methoxy groups -OCH3 is 1. The minimum Gasteiger partial charge on any atom is -0.497 e. The molecule has 0 unspecified atom stereocenters. The van der Waals surface area contributed by atoms with Crippen LogP contribution < -0.4 is 9.47 Å². The van der Waals surface area contributed by atoms with Crippen LogP contribution in [0.1, 0.15) is 29.8 Å². The zero-order valence-corrected chi connectivity index (χ0v) is 18.1. The molecule has 0 saturated carbocycles. The highest BCUT2D eigenvalue weighted by Crippen LogP contribution is 2.26. The highest BCUT2D eigenvalue weighted by Gasteiger charge is 2.17. The Morgan fingerprint density at radius 2 is 1.97 bits per heavy atom. The maximum atomic E-state index is 10.4. The first-order valence-electron chi connectivity index (χ1n) is 10.3. The van der Waals surface area contributed by atoms with Crippen LogP contribution in [-0.2, 0) is 20.1 Å². The smallest absolute Gasteiger partial charge is 0.127 e. The second-order valence-electron chi connectivity index (χ2n) is 8.02. The van der Waals surface area contributed by atoms with Gasteiger partial charge in [0, 0.05) is 38.3 Å². The lowest BCUT2D eigenvalue weighted by molar-refractivity contribution is 0.0750. The maximum absolute atomic E-state index is 10.4. The summed E-state index contributed by atoms with van der Waals surface area (Å²) in [6, 6.07) is 7.99. The summed E-state index contributed by atoms with van der Waals surface area (Å²) in [5, 5.41) is 14.8. The summed E-state index contributed by atoms with van der Waals surface area (Å²) in [7, 11) is 5.70. The van der Waals surface area contributed by atoms with Gasteiger partial charge in [0.15, 0.2) is 0 Å². The van der Waals surface area contributed by atoms with Crippen molar-refractivity contribution in [3.05, 3.63) is 41.2 Å². The minimum atomic E-state index is -0.498. The van der Waals surface area contributed by atoms with E-state index in [2.05, 4.69) is 28.0 Å². The molecule has 29 heavy (non-hydrogen) atoms. The topological polar surface area (TPSA) is 63.0 Å². The number of rotatable bonds is 10. The van der Waals surface area contributed by atoms with Crippen LogP contribution in [0.3, 0.4) is 0 Å². The number of β-amino-alcohol motifs (C(OH)–C–C–N with tert-alkyl or cyclic N) is 1. The van der Waals surface area contributed by atoms with Crippen molar-refractivity contribution >= 4 is 0 Å². The second-order valence-corrected chi connectivity index (χ2v) is 8.02. The summed E-state index contributed by atoms with van der Waals surface area (Å²) in [4.78, 5) is 4.52. The highest BCUT2D eigenvalue weighted by atomic mass is 16.5. The van der Waals surface area contributed by atoms with Crippen molar-refractivity contribution in [3.63, 3.8) is 0 Å². The first-order chi connectivity index (χ1) is 13.9. The van der Waals surface area contributed by atoms with Gasteiger partial charge in [0.25, 0.3) is 0 Å². The van der Waals surface area contributed by atoms with Crippen molar-refractivity contribution in [1.29, 1.82) is 0 Å². The summed E-state index contributed by atoms with van der Waals surface area (Å²) < 4.78 is 13.3. The van der Waals surface area contributed by atoms with Crippen LogP contribution in [0, 0.1) is 6.92 Å². The molecule has 2 heterocycles. The number of hydrogen-bond donors (Lipinski definition) is 1. The van der Waals surface area contributed by atoms with Gasteiger partial charge in [-0.05, 0) is 52.0 Å². The molecule has 0 radical (unpaired) electrons. The Hall–Kier alpha value is -2.09. The van der Waals surface area contributed by atoms with Gasteiger partial charge in [-0.2, -0.15) is 5.10 Å². The van der Waals surface area contributed by atoms with Crippen LogP contribution >= 0.6 is 0 Å². The van der Waals surface area contributed by atoms with Gasteiger partial charge in [0.2, 0.25) is 0 Å². The van der Waals surface area contributed by atoms with Crippen molar-refractivity contribution in [3.8, 4) is 11.5 Å². The molecule has 1 atom stereocenters. The van der Waals surface area contributed by atoms with Crippen molar-refractivity contribution in [1.82, 2.24) is 19.6 Å². The third-order valence-electron chi connectivity index (χ3n) is 5.34. The predicted octanol–water partition coefficient (Wildman–Crippen LogP) is 2.20. The van der Waals surface area contributed by atoms with Crippen LogP contribution in [0.25, 0.3) is 0 Å². The fourth-order valence-electron chi connectivity index (χ4n) is 3.86. The fourth-order valence-corrected chi connectivity index (χ4v) is 3.86. The van der Waals surface area contributed by atoms with Crippen molar-refractivity contribution < 1.29 is 14.6 Å². The van der Waals surface area contributed by atoms with Gasteiger partial charge in [0.05, 0.1) is 18.5 Å². The van der Waals surface area contributed by atoms with E-state index in [4.69, 9.17) is 9.47 Å². The number of benzene rings is 1. The van der Waals surface area contributed by atoms with E-state index in [0.717, 1.165) is 48.9 Å². The molecular formula is C22H34N4O3. The average Bonchev–Trinajstić information content (AvgIpc) is 3.30. The molecule has 1 aromatic heterocycles. The van der Waals surface area contributed by atoms with Gasteiger partial charge in [0.1, 0.15) is 24.2 Å². The van der Waals surface area contributed by atoms with Crippen LogP contribution in [0.15, 0.2) is 24.3 Å². The van der Waals surface area contributed by atoms with E-state index in [1.165, 1.54) is 18.5 Å². The molecule has 0 bridgehead atoms. The zero-order valence-electron chi connectivity index (χ0n) is 18.1. The van der Waals surface area contributed by atoms with Crippen LogP contribution in [-0.4, -0.2) is 71.2 Å². The SMILES string of the molecule is COc1ccc(CN(C)Cc2cc(C)nn2C)c(OC[C@@H](O)CN2CCCC2)c1. The van der Waals surface area contributed by atoms with E-state index in [0.29, 0.717) is 6.54 Å². The van der Waals surface area contributed by atoms with Crippen molar-refractivity contribution in [2.75, 3.05) is 40.4 Å². The Bertz CT molecular complexity index is 786. The molecular weight excluding hydrogens is 368 g/mol. The normalized spacial score (nSPS) is 15.8. The van der Waals surface area contributed by atoms with Gasteiger partial charge in [-0.1, -0.05) is 6.07 Å². The Labute approximate surface area is 173 Å². The molecule has 1 saturated heterocycles. The Morgan fingerprint density at radius 3 is 2.62 bits per heavy atom. The van der Waals surface area contributed by atoms with E-state index in [1.807, 2.05) is 36.9 Å². The number of aryl methyl sites for hydroxylation is 2. The minimum absolute atomic E-state index is 0.279. The molecule has 160 valence electrons. The zero-order chi connectivity index (χ0) is 20.8. The molecule has 7 heteroatoms.